The minimum atomic E-state index is -0.736. The smallest absolute Gasteiger partial charge is 0.371 e. The van der Waals surface area contributed by atoms with E-state index in [-0.39, 0.29) is 33.1 Å². The minimum absolute atomic E-state index is 0.00717. The van der Waals surface area contributed by atoms with Crippen LogP contribution in [0.15, 0.2) is 31.5 Å². The number of thiophene rings is 1. The SMILES string of the molecule is Cc1ccc(C(Nc2c(Nc3csc(C(=O)ON(C)C)c3O)c(=O)c2=O)C2(C)COC2)o1. The Balaban J connectivity index is 1.61. The van der Waals surface area contributed by atoms with Crippen LogP contribution in [0.5, 0.6) is 5.75 Å². The number of hydrogen-bond donors (Lipinski definition) is 3. The molecule has 1 atom stereocenters. The molecule has 1 unspecified atom stereocenters. The first-order valence-electron chi connectivity index (χ1n) is 9.82. The van der Waals surface area contributed by atoms with Crippen LogP contribution in [0.25, 0.3) is 0 Å². The summed E-state index contributed by atoms with van der Waals surface area (Å²) in [6.07, 6.45) is 0. The number of ether oxygens (including phenoxy) is 1. The number of hydroxylamine groups is 2. The van der Waals surface area contributed by atoms with Gasteiger partial charge in [-0.1, -0.05) is 6.92 Å². The van der Waals surface area contributed by atoms with Crippen LogP contribution >= 0.6 is 11.3 Å². The third-order valence-electron chi connectivity index (χ3n) is 5.28. The fourth-order valence-corrected chi connectivity index (χ4v) is 4.27. The van der Waals surface area contributed by atoms with Crippen LogP contribution in [0.4, 0.5) is 17.1 Å². The lowest BCUT2D eigenvalue weighted by Crippen LogP contribution is -2.49. The molecular weight excluding hydrogens is 438 g/mol. The molecule has 1 saturated heterocycles. The third kappa shape index (κ3) is 3.78. The number of aryl methyl sites for hydroxylation is 1. The molecule has 0 aliphatic carbocycles. The molecule has 3 N–H and O–H groups in total. The number of nitrogens with one attached hydrogen (secondary N) is 2. The summed E-state index contributed by atoms with van der Waals surface area (Å²) in [4.78, 5) is 41.7. The van der Waals surface area contributed by atoms with Crippen LogP contribution < -0.4 is 21.5 Å². The lowest BCUT2D eigenvalue weighted by molar-refractivity contribution is -0.115. The molecule has 2 aromatic heterocycles. The molecule has 1 aliphatic rings. The summed E-state index contributed by atoms with van der Waals surface area (Å²) in [7, 11) is 3.07. The zero-order chi connectivity index (χ0) is 23.2. The Kier molecular flexibility index (Phi) is 5.57. The summed E-state index contributed by atoms with van der Waals surface area (Å²) in [5, 5.41) is 19.0. The zero-order valence-corrected chi connectivity index (χ0v) is 18.8. The number of rotatable bonds is 8. The van der Waals surface area contributed by atoms with Crippen molar-refractivity contribution >= 4 is 34.4 Å². The van der Waals surface area contributed by atoms with Crippen molar-refractivity contribution in [2.75, 3.05) is 37.9 Å². The first kappa shape index (κ1) is 22.1. The maximum atomic E-state index is 12.4. The van der Waals surface area contributed by atoms with Crippen molar-refractivity contribution in [1.82, 2.24) is 5.06 Å². The van der Waals surface area contributed by atoms with Crippen molar-refractivity contribution in [2.24, 2.45) is 5.41 Å². The predicted molar refractivity (Wildman–Crippen MR) is 118 cm³/mol. The standard InChI is InChI=1S/C21H23N3O7S/c1-10-5-6-12(30-10)19(21(2)8-29-9-21)23-14-13(16(26)17(14)27)22-11-7-32-18(15(11)25)20(28)31-24(3)4/h5-7,19,22-23,25H,8-9H2,1-4H3. The van der Waals surface area contributed by atoms with Gasteiger partial charge in [0.1, 0.15) is 22.9 Å². The molecule has 4 rings (SSSR count). The second-order valence-corrected chi connectivity index (χ2v) is 9.10. The molecule has 0 spiro atoms. The minimum Gasteiger partial charge on any atom is -0.504 e. The van der Waals surface area contributed by atoms with Gasteiger partial charge in [0.15, 0.2) is 10.6 Å². The highest BCUT2D eigenvalue weighted by atomic mass is 32.1. The Morgan fingerprint density at radius 1 is 1.25 bits per heavy atom. The topological polar surface area (TPSA) is 130 Å². The van der Waals surface area contributed by atoms with E-state index in [1.807, 2.05) is 26.0 Å². The summed E-state index contributed by atoms with van der Waals surface area (Å²) in [6.45, 7) is 4.75. The van der Waals surface area contributed by atoms with Crippen molar-refractivity contribution in [3.8, 4) is 5.75 Å². The molecule has 1 aliphatic heterocycles. The van der Waals surface area contributed by atoms with Crippen LogP contribution in [0.1, 0.15) is 34.2 Å². The number of nitrogens with zero attached hydrogens (tertiary/aromatic N) is 1. The first-order chi connectivity index (χ1) is 15.1. The van der Waals surface area contributed by atoms with Gasteiger partial charge in [0, 0.05) is 24.9 Å². The van der Waals surface area contributed by atoms with E-state index >= 15 is 0 Å². The highest BCUT2D eigenvalue weighted by molar-refractivity contribution is 7.13. The molecule has 1 fully saturated rings. The number of aromatic hydroxyl groups is 1. The van der Waals surface area contributed by atoms with E-state index < -0.39 is 22.9 Å². The molecule has 0 saturated carbocycles. The van der Waals surface area contributed by atoms with E-state index in [1.54, 1.807) is 0 Å². The summed E-state index contributed by atoms with van der Waals surface area (Å²) >= 11 is 0.952. The second kappa shape index (κ2) is 8.08. The molecule has 11 heteroatoms. The van der Waals surface area contributed by atoms with Gasteiger partial charge in [-0.3, -0.25) is 9.59 Å². The van der Waals surface area contributed by atoms with Gasteiger partial charge < -0.3 is 29.7 Å². The number of anilines is 3. The van der Waals surface area contributed by atoms with E-state index in [1.165, 1.54) is 24.5 Å². The van der Waals surface area contributed by atoms with E-state index in [0.29, 0.717) is 19.0 Å². The first-order valence-corrected chi connectivity index (χ1v) is 10.7. The van der Waals surface area contributed by atoms with Gasteiger partial charge in [-0.05, 0) is 19.1 Å². The second-order valence-electron chi connectivity index (χ2n) is 8.22. The van der Waals surface area contributed by atoms with E-state index in [0.717, 1.165) is 17.1 Å². The molecule has 0 amide bonds. The van der Waals surface area contributed by atoms with Crippen LogP contribution in [-0.4, -0.2) is 43.4 Å². The third-order valence-corrected chi connectivity index (χ3v) is 6.23. The molecule has 0 radical (unpaired) electrons. The average Bonchev–Trinajstić information content (AvgIpc) is 3.30. The molecule has 10 nitrogen and oxygen atoms in total. The lowest BCUT2D eigenvalue weighted by atomic mass is 9.79. The van der Waals surface area contributed by atoms with Crippen molar-refractivity contribution in [1.29, 1.82) is 0 Å². The Hall–Kier alpha value is -3.15. The van der Waals surface area contributed by atoms with Gasteiger partial charge in [0.25, 0.3) is 10.9 Å². The molecule has 3 aromatic rings. The van der Waals surface area contributed by atoms with Crippen molar-refractivity contribution in [2.45, 2.75) is 19.9 Å². The molecule has 3 heterocycles. The van der Waals surface area contributed by atoms with Gasteiger partial charge in [0.2, 0.25) is 0 Å². The number of furan rings is 1. The van der Waals surface area contributed by atoms with E-state index in [9.17, 15) is 19.5 Å². The van der Waals surface area contributed by atoms with Crippen LogP contribution in [0.3, 0.4) is 0 Å². The fraction of sp³-hybridized carbons (Fsp3) is 0.381. The molecule has 1 aromatic carbocycles. The maximum Gasteiger partial charge on any atom is 0.371 e. The van der Waals surface area contributed by atoms with Crippen LogP contribution in [0, 0.1) is 12.3 Å². The van der Waals surface area contributed by atoms with Gasteiger partial charge in [-0.2, -0.15) is 0 Å². The summed E-state index contributed by atoms with van der Waals surface area (Å²) in [5.74, 6) is 0.247. The van der Waals surface area contributed by atoms with E-state index in [2.05, 4.69) is 10.6 Å². The Bertz CT molecular complexity index is 1230. The Labute approximate surface area is 187 Å². The Morgan fingerprint density at radius 3 is 2.50 bits per heavy atom. The summed E-state index contributed by atoms with van der Waals surface area (Å²) in [5.41, 5.74) is -1.52. The maximum absolute atomic E-state index is 12.4. The van der Waals surface area contributed by atoms with Crippen molar-refractivity contribution in [3.63, 3.8) is 0 Å². The predicted octanol–water partition coefficient (Wildman–Crippen LogP) is 2.52. The van der Waals surface area contributed by atoms with Crippen molar-refractivity contribution in [3.05, 3.63) is 54.4 Å². The largest absolute Gasteiger partial charge is 0.504 e. The van der Waals surface area contributed by atoms with Gasteiger partial charge in [-0.25, -0.2) is 4.79 Å². The lowest BCUT2D eigenvalue weighted by Gasteiger charge is -2.44. The van der Waals surface area contributed by atoms with Gasteiger partial charge >= 0.3 is 5.97 Å². The van der Waals surface area contributed by atoms with Gasteiger partial charge in [0.05, 0.1) is 24.9 Å². The summed E-state index contributed by atoms with van der Waals surface area (Å²) < 4.78 is 11.2. The molecular formula is C21H23N3O7S. The van der Waals surface area contributed by atoms with Crippen molar-refractivity contribution < 1.29 is 23.9 Å². The monoisotopic (exact) mass is 461 g/mol. The Morgan fingerprint density at radius 2 is 1.94 bits per heavy atom. The van der Waals surface area contributed by atoms with Gasteiger partial charge in [-0.15, -0.1) is 16.4 Å². The average molecular weight is 461 g/mol. The normalized spacial score (nSPS) is 16.0. The molecule has 0 bridgehead atoms. The number of carbonyl (C=O) groups is 1. The highest BCUT2D eigenvalue weighted by Gasteiger charge is 2.45. The zero-order valence-electron chi connectivity index (χ0n) is 18.0. The van der Waals surface area contributed by atoms with E-state index in [4.69, 9.17) is 14.0 Å². The highest BCUT2D eigenvalue weighted by Crippen LogP contribution is 2.44. The summed E-state index contributed by atoms with van der Waals surface area (Å²) in [6, 6.07) is 3.24. The fourth-order valence-electron chi connectivity index (χ4n) is 3.51. The van der Waals surface area contributed by atoms with Crippen LogP contribution in [-0.2, 0) is 9.57 Å². The van der Waals surface area contributed by atoms with Crippen LogP contribution in [0.2, 0.25) is 0 Å². The number of hydrogen-bond acceptors (Lipinski definition) is 11. The molecule has 32 heavy (non-hydrogen) atoms. The quantitative estimate of drug-likeness (QED) is 0.340. The molecule has 170 valence electrons. The number of carbonyl (C=O) groups excluding carboxylic acids is 1.